The topological polar surface area (TPSA) is 65.1 Å². The van der Waals surface area contributed by atoms with Crippen LogP contribution in [0.2, 0.25) is 0 Å². The summed E-state index contributed by atoms with van der Waals surface area (Å²) in [6, 6.07) is 10.1. The third-order valence-corrected chi connectivity index (χ3v) is 5.72. The van der Waals surface area contributed by atoms with Crippen LogP contribution in [-0.2, 0) is 27.2 Å². The fourth-order valence-electron chi connectivity index (χ4n) is 4.18. The molecule has 1 aliphatic rings. The molecular weight excluding hydrogens is 354 g/mol. The summed E-state index contributed by atoms with van der Waals surface area (Å²) in [6.07, 6.45) is 2.44. The Labute approximate surface area is 163 Å². The Hall–Kier alpha value is -2.67. The first-order valence-corrected chi connectivity index (χ1v) is 9.87. The van der Waals surface area contributed by atoms with Crippen molar-refractivity contribution in [3.63, 3.8) is 0 Å². The normalized spacial score (nSPS) is 18.0. The Morgan fingerprint density at radius 1 is 1.07 bits per heavy atom. The highest BCUT2D eigenvalue weighted by atomic mass is 16.2. The van der Waals surface area contributed by atoms with Gasteiger partial charge in [-0.1, -0.05) is 37.3 Å². The quantitative estimate of drug-likeness (QED) is 0.690. The Kier molecular flexibility index (Phi) is 4.93. The zero-order valence-electron chi connectivity index (χ0n) is 16.8. The molecular formula is C21H27N5O2. The van der Waals surface area contributed by atoms with Crippen molar-refractivity contribution >= 4 is 11.2 Å². The fraction of sp³-hybridized carbons (Fsp3) is 0.476. The molecule has 2 aromatic heterocycles. The minimum Gasteiger partial charge on any atom is -0.317 e. The third-order valence-electron chi connectivity index (χ3n) is 5.72. The Bertz CT molecular complexity index is 1110. The zero-order chi connectivity index (χ0) is 19.8. The lowest BCUT2D eigenvalue weighted by Crippen LogP contribution is -2.37. The molecule has 0 aliphatic carbocycles. The number of likely N-dealkylation sites (tertiary alicyclic amines) is 1. The predicted molar refractivity (Wildman–Crippen MR) is 109 cm³/mol. The number of aromatic nitrogens is 4. The van der Waals surface area contributed by atoms with Gasteiger partial charge in [0.05, 0.1) is 6.54 Å². The van der Waals surface area contributed by atoms with E-state index in [0.29, 0.717) is 30.2 Å². The van der Waals surface area contributed by atoms with Gasteiger partial charge in [-0.05, 0) is 30.9 Å². The highest BCUT2D eigenvalue weighted by Crippen LogP contribution is 2.20. The SMILES string of the molecule is CC1CCCN(Cc2nc3c(c(=O)n(C)c(=O)n3C)n2Cc2ccccc2)C1. The van der Waals surface area contributed by atoms with E-state index in [1.54, 1.807) is 7.05 Å². The number of aryl methyl sites for hydroxylation is 1. The van der Waals surface area contributed by atoms with Gasteiger partial charge >= 0.3 is 5.69 Å². The van der Waals surface area contributed by atoms with Crippen molar-refractivity contribution in [3.8, 4) is 0 Å². The van der Waals surface area contributed by atoms with Crippen LogP contribution < -0.4 is 11.2 Å². The van der Waals surface area contributed by atoms with Crippen molar-refractivity contribution < 1.29 is 0 Å². The molecule has 1 saturated heterocycles. The second-order valence-corrected chi connectivity index (χ2v) is 7.96. The molecule has 4 rings (SSSR count). The van der Waals surface area contributed by atoms with Gasteiger partial charge in [0.2, 0.25) is 0 Å². The summed E-state index contributed by atoms with van der Waals surface area (Å²) in [4.78, 5) is 32.5. The summed E-state index contributed by atoms with van der Waals surface area (Å²) in [5, 5.41) is 0. The van der Waals surface area contributed by atoms with Gasteiger partial charge in [-0.2, -0.15) is 0 Å². The first-order valence-electron chi connectivity index (χ1n) is 9.87. The van der Waals surface area contributed by atoms with Crippen LogP contribution in [0, 0.1) is 5.92 Å². The standard InChI is InChI=1S/C21H27N5O2/c1-15-8-7-11-25(12-15)14-17-22-19-18(20(27)24(3)21(28)23(19)2)26(17)13-16-9-5-4-6-10-16/h4-6,9-10,15H,7-8,11-14H2,1-3H3. The molecule has 7 nitrogen and oxygen atoms in total. The molecule has 28 heavy (non-hydrogen) atoms. The molecule has 1 aromatic carbocycles. The highest BCUT2D eigenvalue weighted by Gasteiger charge is 2.23. The molecule has 148 valence electrons. The number of benzene rings is 1. The van der Waals surface area contributed by atoms with Crippen LogP contribution in [0.3, 0.4) is 0 Å². The summed E-state index contributed by atoms with van der Waals surface area (Å²) in [5.74, 6) is 1.50. The number of fused-ring (bicyclic) bond motifs is 1. The van der Waals surface area contributed by atoms with Gasteiger partial charge < -0.3 is 4.57 Å². The van der Waals surface area contributed by atoms with Gasteiger partial charge in [0.1, 0.15) is 5.82 Å². The van der Waals surface area contributed by atoms with Gasteiger partial charge in [0.25, 0.3) is 5.56 Å². The zero-order valence-corrected chi connectivity index (χ0v) is 16.8. The molecule has 0 spiro atoms. The first-order chi connectivity index (χ1) is 13.5. The van der Waals surface area contributed by atoms with Crippen LogP contribution in [0.4, 0.5) is 0 Å². The van der Waals surface area contributed by atoms with Gasteiger partial charge in [-0.25, -0.2) is 9.78 Å². The lowest BCUT2D eigenvalue weighted by Gasteiger charge is -2.30. The molecule has 0 radical (unpaired) electrons. The average molecular weight is 381 g/mol. The minimum absolute atomic E-state index is 0.292. The summed E-state index contributed by atoms with van der Waals surface area (Å²) >= 11 is 0. The van der Waals surface area contributed by atoms with Crippen molar-refractivity contribution in [3.05, 3.63) is 62.6 Å². The number of hydrogen-bond donors (Lipinski definition) is 0. The minimum atomic E-state index is -0.347. The molecule has 0 amide bonds. The highest BCUT2D eigenvalue weighted by molar-refractivity contribution is 5.71. The lowest BCUT2D eigenvalue weighted by molar-refractivity contribution is 0.171. The van der Waals surface area contributed by atoms with Gasteiger partial charge in [-0.3, -0.25) is 18.8 Å². The number of nitrogens with zero attached hydrogens (tertiary/aromatic N) is 5. The van der Waals surface area contributed by atoms with E-state index in [9.17, 15) is 9.59 Å². The number of hydrogen-bond acceptors (Lipinski definition) is 4. The average Bonchev–Trinajstić information content (AvgIpc) is 3.03. The van der Waals surface area contributed by atoms with E-state index in [4.69, 9.17) is 4.98 Å². The van der Waals surface area contributed by atoms with E-state index < -0.39 is 0 Å². The third kappa shape index (κ3) is 3.30. The second-order valence-electron chi connectivity index (χ2n) is 7.96. The monoisotopic (exact) mass is 381 g/mol. The van der Waals surface area contributed by atoms with E-state index in [2.05, 4.69) is 11.8 Å². The van der Waals surface area contributed by atoms with Crippen molar-refractivity contribution in [1.29, 1.82) is 0 Å². The van der Waals surface area contributed by atoms with E-state index in [1.165, 1.54) is 24.5 Å². The van der Waals surface area contributed by atoms with Gasteiger partial charge in [-0.15, -0.1) is 0 Å². The number of imidazole rings is 1. The van der Waals surface area contributed by atoms with Crippen LogP contribution in [0.25, 0.3) is 11.2 Å². The summed E-state index contributed by atoms with van der Waals surface area (Å²) in [7, 11) is 3.20. The fourth-order valence-corrected chi connectivity index (χ4v) is 4.18. The van der Waals surface area contributed by atoms with Crippen molar-refractivity contribution in [1.82, 2.24) is 23.6 Å². The molecule has 7 heteroatoms. The molecule has 1 aliphatic heterocycles. The molecule has 1 fully saturated rings. The largest absolute Gasteiger partial charge is 0.332 e. The first kappa shape index (κ1) is 18.7. The number of rotatable bonds is 4. The van der Waals surface area contributed by atoms with Crippen molar-refractivity contribution in [2.24, 2.45) is 20.0 Å². The van der Waals surface area contributed by atoms with Crippen LogP contribution in [-0.4, -0.2) is 36.7 Å². The lowest BCUT2D eigenvalue weighted by atomic mass is 10.0. The molecule has 0 N–H and O–H groups in total. The van der Waals surface area contributed by atoms with Gasteiger partial charge in [0.15, 0.2) is 11.2 Å². The van der Waals surface area contributed by atoms with Crippen molar-refractivity contribution in [2.45, 2.75) is 32.9 Å². The molecule has 3 aromatic rings. The maximum absolute atomic E-state index is 12.9. The summed E-state index contributed by atoms with van der Waals surface area (Å²) < 4.78 is 4.63. The molecule has 0 bridgehead atoms. The maximum Gasteiger partial charge on any atom is 0.332 e. The van der Waals surface area contributed by atoms with E-state index in [1.807, 2.05) is 34.9 Å². The van der Waals surface area contributed by atoms with Crippen LogP contribution >= 0.6 is 0 Å². The molecule has 3 heterocycles. The Balaban J connectivity index is 1.86. The Morgan fingerprint density at radius 3 is 2.54 bits per heavy atom. The van der Waals surface area contributed by atoms with Crippen LogP contribution in [0.15, 0.2) is 39.9 Å². The number of piperidine rings is 1. The van der Waals surface area contributed by atoms with E-state index in [-0.39, 0.29) is 11.2 Å². The smallest absolute Gasteiger partial charge is 0.317 e. The molecule has 1 unspecified atom stereocenters. The van der Waals surface area contributed by atoms with E-state index >= 15 is 0 Å². The predicted octanol–water partition coefficient (Wildman–Crippen LogP) is 1.71. The van der Waals surface area contributed by atoms with Crippen LogP contribution in [0.5, 0.6) is 0 Å². The second kappa shape index (κ2) is 7.39. The Morgan fingerprint density at radius 2 is 1.82 bits per heavy atom. The molecule has 0 saturated carbocycles. The van der Waals surface area contributed by atoms with Crippen LogP contribution in [0.1, 0.15) is 31.2 Å². The maximum atomic E-state index is 12.9. The molecule has 1 atom stereocenters. The summed E-state index contributed by atoms with van der Waals surface area (Å²) in [6.45, 7) is 5.59. The van der Waals surface area contributed by atoms with Gasteiger partial charge in [0, 0.05) is 27.2 Å². The van der Waals surface area contributed by atoms with Crippen molar-refractivity contribution in [2.75, 3.05) is 13.1 Å². The van der Waals surface area contributed by atoms with E-state index in [0.717, 1.165) is 29.0 Å². The summed E-state index contributed by atoms with van der Waals surface area (Å²) in [5.41, 5.74) is 1.42.